The zero-order valence-corrected chi connectivity index (χ0v) is 14.6. The van der Waals surface area contributed by atoms with Gasteiger partial charge >= 0.3 is 0 Å². The van der Waals surface area contributed by atoms with E-state index in [9.17, 15) is 4.79 Å². The molecule has 0 bridgehead atoms. The Morgan fingerprint density at radius 3 is 2.69 bits per heavy atom. The van der Waals surface area contributed by atoms with Crippen molar-refractivity contribution in [2.75, 3.05) is 16.8 Å². The SMILES string of the molecule is Cc1cccc(NC(=O)c2cnc(N3CCCc4ccccc43)nc2)c1. The van der Waals surface area contributed by atoms with Crippen LogP contribution in [-0.4, -0.2) is 22.4 Å². The highest BCUT2D eigenvalue weighted by atomic mass is 16.1. The number of hydrogen-bond acceptors (Lipinski definition) is 4. The number of nitrogens with zero attached hydrogens (tertiary/aromatic N) is 3. The molecule has 4 rings (SSSR count). The maximum absolute atomic E-state index is 12.4. The predicted molar refractivity (Wildman–Crippen MR) is 103 cm³/mol. The van der Waals surface area contributed by atoms with Crippen molar-refractivity contribution >= 4 is 23.2 Å². The Hall–Kier alpha value is -3.21. The van der Waals surface area contributed by atoms with Gasteiger partial charge in [-0.15, -0.1) is 0 Å². The van der Waals surface area contributed by atoms with Crippen LogP contribution in [0.15, 0.2) is 60.9 Å². The number of rotatable bonds is 3. The van der Waals surface area contributed by atoms with Gasteiger partial charge in [0.05, 0.1) is 5.56 Å². The molecule has 0 atom stereocenters. The van der Waals surface area contributed by atoms with Crippen LogP contribution in [0, 0.1) is 6.92 Å². The summed E-state index contributed by atoms with van der Waals surface area (Å²) < 4.78 is 0. The molecule has 2 heterocycles. The van der Waals surface area contributed by atoms with E-state index in [4.69, 9.17) is 0 Å². The number of hydrogen-bond donors (Lipinski definition) is 1. The minimum Gasteiger partial charge on any atom is -0.322 e. The number of para-hydroxylation sites is 1. The predicted octanol–water partition coefficient (Wildman–Crippen LogP) is 4.12. The quantitative estimate of drug-likeness (QED) is 0.776. The van der Waals surface area contributed by atoms with Gasteiger partial charge in [0.1, 0.15) is 0 Å². The van der Waals surface area contributed by atoms with Gasteiger partial charge in [-0.3, -0.25) is 4.79 Å². The summed E-state index contributed by atoms with van der Waals surface area (Å²) >= 11 is 0. The Bertz CT molecular complexity index is 937. The normalized spacial score (nSPS) is 13.2. The maximum atomic E-state index is 12.4. The lowest BCUT2D eigenvalue weighted by Crippen LogP contribution is -2.26. The van der Waals surface area contributed by atoms with Crippen LogP contribution in [0.2, 0.25) is 0 Å². The first kappa shape index (κ1) is 16.3. The highest BCUT2D eigenvalue weighted by molar-refractivity contribution is 6.03. The summed E-state index contributed by atoms with van der Waals surface area (Å²) in [6.07, 6.45) is 5.31. The van der Waals surface area contributed by atoms with Crippen LogP contribution >= 0.6 is 0 Å². The molecule has 1 aliphatic rings. The topological polar surface area (TPSA) is 58.1 Å². The Morgan fingerprint density at radius 2 is 1.88 bits per heavy atom. The minimum atomic E-state index is -0.207. The zero-order valence-electron chi connectivity index (χ0n) is 14.6. The smallest absolute Gasteiger partial charge is 0.258 e. The highest BCUT2D eigenvalue weighted by Crippen LogP contribution is 2.31. The number of anilines is 3. The third kappa shape index (κ3) is 3.28. The zero-order chi connectivity index (χ0) is 17.9. The van der Waals surface area contributed by atoms with Crippen LogP contribution in [0.25, 0.3) is 0 Å². The molecule has 1 amide bonds. The number of benzene rings is 2. The van der Waals surface area contributed by atoms with Crippen molar-refractivity contribution in [1.29, 1.82) is 0 Å². The second kappa shape index (κ2) is 6.96. The van der Waals surface area contributed by atoms with E-state index in [-0.39, 0.29) is 5.91 Å². The third-order valence-corrected chi connectivity index (χ3v) is 4.53. The number of nitrogens with one attached hydrogen (secondary N) is 1. The van der Waals surface area contributed by atoms with Crippen LogP contribution in [0.1, 0.15) is 27.9 Å². The lowest BCUT2D eigenvalue weighted by molar-refractivity contribution is 0.102. The van der Waals surface area contributed by atoms with Crippen molar-refractivity contribution in [1.82, 2.24) is 9.97 Å². The van der Waals surface area contributed by atoms with Gasteiger partial charge in [-0.05, 0) is 49.1 Å². The average molecular weight is 344 g/mol. The maximum Gasteiger partial charge on any atom is 0.258 e. The van der Waals surface area contributed by atoms with Crippen LogP contribution in [0.4, 0.5) is 17.3 Å². The number of aromatic nitrogens is 2. The van der Waals surface area contributed by atoms with Crippen molar-refractivity contribution in [3.8, 4) is 0 Å². The average Bonchev–Trinajstić information content (AvgIpc) is 2.68. The van der Waals surface area contributed by atoms with E-state index in [0.29, 0.717) is 11.5 Å². The number of carbonyl (C=O) groups is 1. The summed E-state index contributed by atoms with van der Waals surface area (Å²) in [5.41, 5.74) is 4.77. The number of amides is 1. The van der Waals surface area contributed by atoms with Crippen molar-refractivity contribution in [2.24, 2.45) is 0 Å². The molecule has 5 nitrogen and oxygen atoms in total. The number of fused-ring (bicyclic) bond motifs is 1. The largest absolute Gasteiger partial charge is 0.322 e. The van der Waals surface area contributed by atoms with Gasteiger partial charge in [0, 0.05) is 30.3 Å². The Labute approximate surface area is 152 Å². The van der Waals surface area contributed by atoms with Crippen LogP contribution in [-0.2, 0) is 6.42 Å². The summed E-state index contributed by atoms with van der Waals surface area (Å²) in [5.74, 6) is 0.422. The molecule has 26 heavy (non-hydrogen) atoms. The first-order valence-corrected chi connectivity index (χ1v) is 8.76. The molecule has 0 saturated heterocycles. The molecule has 3 aromatic rings. The van der Waals surface area contributed by atoms with Crippen LogP contribution < -0.4 is 10.2 Å². The molecule has 0 saturated carbocycles. The second-order valence-electron chi connectivity index (χ2n) is 6.48. The Morgan fingerprint density at radius 1 is 1.08 bits per heavy atom. The lowest BCUT2D eigenvalue weighted by atomic mass is 10.0. The fraction of sp³-hybridized carbons (Fsp3) is 0.190. The molecular weight excluding hydrogens is 324 g/mol. The van der Waals surface area contributed by atoms with Crippen molar-refractivity contribution < 1.29 is 4.79 Å². The van der Waals surface area contributed by atoms with E-state index in [1.807, 2.05) is 37.3 Å². The van der Waals surface area contributed by atoms with Crippen molar-refractivity contribution in [3.63, 3.8) is 0 Å². The first-order valence-electron chi connectivity index (χ1n) is 8.76. The van der Waals surface area contributed by atoms with Gasteiger partial charge in [0.2, 0.25) is 5.95 Å². The molecule has 2 aromatic carbocycles. The Balaban J connectivity index is 1.53. The molecule has 1 aromatic heterocycles. The molecule has 0 fully saturated rings. The molecule has 0 spiro atoms. The van der Waals surface area contributed by atoms with E-state index in [2.05, 4.69) is 38.4 Å². The minimum absolute atomic E-state index is 0.207. The highest BCUT2D eigenvalue weighted by Gasteiger charge is 2.20. The molecule has 5 heteroatoms. The summed E-state index contributed by atoms with van der Waals surface area (Å²) in [6, 6.07) is 16.0. The molecule has 0 radical (unpaired) electrons. The van der Waals surface area contributed by atoms with Gasteiger partial charge in [-0.1, -0.05) is 30.3 Å². The number of aryl methyl sites for hydroxylation is 2. The van der Waals surface area contributed by atoms with Crippen molar-refractivity contribution in [3.05, 3.63) is 77.6 Å². The van der Waals surface area contributed by atoms with E-state index in [1.165, 1.54) is 5.56 Å². The first-order chi connectivity index (χ1) is 12.7. The van der Waals surface area contributed by atoms with E-state index < -0.39 is 0 Å². The van der Waals surface area contributed by atoms with Gasteiger partial charge in [-0.25, -0.2) is 9.97 Å². The summed E-state index contributed by atoms with van der Waals surface area (Å²) in [4.78, 5) is 23.4. The van der Waals surface area contributed by atoms with Crippen LogP contribution in [0.3, 0.4) is 0 Å². The number of carbonyl (C=O) groups excluding carboxylic acids is 1. The standard InChI is InChI=1S/C21H20N4O/c1-15-6-4-9-18(12-15)24-20(26)17-13-22-21(23-14-17)25-11-5-8-16-7-2-3-10-19(16)25/h2-4,6-7,9-10,12-14H,5,8,11H2,1H3,(H,24,26). The summed E-state index contributed by atoms with van der Waals surface area (Å²) in [6.45, 7) is 2.87. The molecule has 0 aliphatic carbocycles. The van der Waals surface area contributed by atoms with Gasteiger partial charge < -0.3 is 10.2 Å². The van der Waals surface area contributed by atoms with Gasteiger partial charge in [-0.2, -0.15) is 0 Å². The monoisotopic (exact) mass is 344 g/mol. The molecule has 1 N–H and O–H groups in total. The van der Waals surface area contributed by atoms with E-state index in [1.54, 1.807) is 12.4 Å². The van der Waals surface area contributed by atoms with E-state index in [0.717, 1.165) is 36.3 Å². The summed E-state index contributed by atoms with van der Waals surface area (Å²) in [5, 5.41) is 2.88. The van der Waals surface area contributed by atoms with E-state index >= 15 is 0 Å². The Kier molecular flexibility index (Phi) is 4.35. The fourth-order valence-electron chi connectivity index (χ4n) is 3.25. The van der Waals surface area contributed by atoms with Gasteiger partial charge in [0.25, 0.3) is 5.91 Å². The summed E-state index contributed by atoms with van der Waals surface area (Å²) in [7, 11) is 0. The molecule has 0 unspecified atom stereocenters. The van der Waals surface area contributed by atoms with Crippen molar-refractivity contribution in [2.45, 2.75) is 19.8 Å². The molecular formula is C21H20N4O. The lowest BCUT2D eigenvalue weighted by Gasteiger charge is -2.29. The third-order valence-electron chi connectivity index (χ3n) is 4.53. The van der Waals surface area contributed by atoms with Crippen LogP contribution in [0.5, 0.6) is 0 Å². The van der Waals surface area contributed by atoms with Gasteiger partial charge in [0.15, 0.2) is 0 Å². The molecule has 130 valence electrons. The second-order valence-corrected chi connectivity index (χ2v) is 6.48. The fourth-order valence-corrected chi connectivity index (χ4v) is 3.25. The molecule has 1 aliphatic heterocycles.